The van der Waals surface area contributed by atoms with Crippen LogP contribution < -0.4 is 5.32 Å². The van der Waals surface area contributed by atoms with Gasteiger partial charge in [0.2, 0.25) is 5.91 Å². The number of carbonyl (C=O) groups excluding carboxylic acids is 1. The zero-order chi connectivity index (χ0) is 12.2. The highest BCUT2D eigenvalue weighted by molar-refractivity contribution is 8.01. The minimum Gasteiger partial charge on any atom is -0.308 e. The number of rotatable bonds is 4. The third-order valence-corrected chi connectivity index (χ3v) is 3.19. The lowest BCUT2D eigenvalue weighted by Gasteiger charge is -2.16. The van der Waals surface area contributed by atoms with Crippen LogP contribution in [-0.4, -0.2) is 26.6 Å². The molecule has 90 valence electrons. The molecule has 0 aliphatic carbocycles. The summed E-state index contributed by atoms with van der Waals surface area (Å²) in [4.78, 5) is 11.6. The number of hydrogen-bond donors (Lipinski definition) is 2. The van der Waals surface area contributed by atoms with Crippen LogP contribution in [-0.2, 0) is 11.2 Å². The average Bonchev–Trinajstić information content (AvgIpc) is 2.61. The third kappa shape index (κ3) is 4.70. The Balaban J connectivity index is 2.40. The van der Waals surface area contributed by atoms with Crippen LogP contribution in [0.4, 0.5) is 5.82 Å². The molecule has 1 heterocycles. The van der Waals surface area contributed by atoms with Crippen molar-refractivity contribution in [2.75, 3.05) is 11.1 Å². The van der Waals surface area contributed by atoms with Gasteiger partial charge in [-0.05, 0) is 6.42 Å². The summed E-state index contributed by atoms with van der Waals surface area (Å²) >= 11 is 1.62. The zero-order valence-electron chi connectivity index (χ0n) is 10.3. The van der Waals surface area contributed by atoms with Gasteiger partial charge in [0.05, 0.1) is 5.75 Å². The second kappa shape index (κ2) is 5.39. The van der Waals surface area contributed by atoms with Gasteiger partial charge in [-0.25, -0.2) is 0 Å². The Labute approximate surface area is 101 Å². The second-order valence-electron chi connectivity index (χ2n) is 4.58. The van der Waals surface area contributed by atoms with Gasteiger partial charge in [-0.1, -0.05) is 27.7 Å². The van der Waals surface area contributed by atoms with Crippen LogP contribution in [0, 0.1) is 0 Å². The first kappa shape index (κ1) is 13.1. The lowest BCUT2D eigenvalue weighted by molar-refractivity contribution is -0.113. The maximum atomic E-state index is 11.6. The minimum atomic E-state index is -0.00548. The van der Waals surface area contributed by atoms with Crippen LogP contribution in [0.3, 0.4) is 0 Å². The quantitative estimate of drug-likeness (QED) is 0.851. The van der Waals surface area contributed by atoms with Gasteiger partial charge in [0, 0.05) is 16.5 Å². The molecule has 2 N–H and O–H groups in total. The fourth-order valence-corrected chi connectivity index (χ4v) is 1.70. The zero-order valence-corrected chi connectivity index (χ0v) is 11.1. The van der Waals surface area contributed by atoms with Gasteiger partial charge in [0.25, 0.3) is 0 Å². The highest BCUT2D eigenvalue weighted by atomic mass is 32.2. The summed E-state index contributed by atoms with van der Waals surface area (Å²) in [6, 6.07) is 1.86. The minimum absolute atomic E-state index is 0.00548. The molecule has 0 saturated carbocycles. The SMILES string of the molecule is CCc1cc(NC(=O)CSC(C)(C)C)n[nH]1. The first-order chi connectivity index (χ1) is 7.40. The van der Waals surface area contributed by atoms with Gasteiger partial charge in [0.15, 0.2) is 5.82 Å². The van der Waals surface area contributed by atoms with Crippen LogP contribution in [0.2, 0.25) is 0 Å². The van der Waals surface area contributed by atoms with Crippen LogP contribution >= 0.6 is 11.8 Å². The van der Waals surface area contributed by atoms with E-state index < -0.39 is 0 Å². The Morgan fingerprint density at radius 2 is 2.25 bits per heavy atom. The molecule has 0 aliphatic heterocycles. The van der Waals surface area contributed by atoms with Crippen molar-refractivity contribution in [2.45, 2.75) is 38.9 Å². The summed E-state index contributed by atoms with van der Waals surface area (Å²) in [7, 11) is 0. The van der Waals surface area contributed by atoms with Crippen molar-refractivity contribution in [2.24, 2.45) is 0 Å². The van der Waals surface area contributed by atoms with E-state index in [4.69, 9.17) is 0 Å². The van der Waals surface area contributed by atoms with Crippen LogP contribution in [0.1, 0.15) is 33.4 Å². The van der Waals surface area contributed by atoms with Crippen molar-refractivity contribution in [3.8, 4) is 0 Å². The van der Waals surface area contributed by atoms with Gasteiger partial charge in [-0.2, -0.15) is 5.10 Å². The summed E-state index contributed by atoms with van der Waals surface area (Å²) in [5, 5.41) is 9.63. The number of anilines is 1. The topological polar surface area (TPSA) is 57.8 Å². The molecule has 1 rings (SSSR count). The Bertz CT molecular complexity index is 354. The smallest absolute Gasteiger partial charge is 0.235 e. The molecule has 16 heavy (non-hydrogen) atoms. The van der Waals surface area contributed by atoms with Gasteiger partial charge < -0.3 is 5.32 Å². The molecule has 0 radical (unpaired) electrons. The molecule has 4 nitrogen and oxygen atoms in total. The number of nitrogens with zero attached hydrogens (tertiary/aromatic N) is 1. The predicted octanol–water partition coefficient (Wildman–Crippen LogP) is 2.44. The van der Waals surface area contributed by atoms with Gasteiger partial charge >= 0.3 is 0 Å². The molecule has 0 saturated heterocycles. The van der Waals surface area contributed by atoms with Gasteiger partial charge in [0.1, 0.15) is 0 Å². The van der Waals surface area contributed by atoms with Crippen molar-refractivity contribution in [3.63, 3.8) is 0 Å². The average molecular weight is 241 g/mol. The number of carbonyl (C=O) groups is 1. The second-order valence-corrected chi connectivity index (χ2v) is 6.38. The van der Waals surface area contributed by atoms with E-state index in [0.717, 1.165) is 12.1 Å². The monoisotopic (exact) mass is 241 g/mol. The van der Waals surface area contributed by atoms with Crippen molar-refractivity contribution in [1.82, 2.24) is 10.2 Å². The maximum absolute atomic E-state index is 11.6. The fourth-order valence-electron chi connectivity index (χ4n) is 1.07. The Morgan fingerprint density at radius 1 is 1.56 bits per heavy atom. The molecule has 1 aromatic rings. The maximum Gasteiger partial charge on any atom is 0.235 e. The molecule has 0 fully saturated rings. The first-order valence-electron chi connectivity index (χ1n) is 5.39. The normalized spacial score (nSPS) is 11.5. The molecule has 0 aromatic carbocycles. The number of thioether (sulfide) groups is 1. The molecule has 0 bridgehead atoms. The number of aromatic amines is 1. The predicted molar refractivity (Wildman–Crippen MR) is 68.8 cm³/mol. The Morgan fingerprint density at radius 3 is 2.75 bits per heavy atom. The summed E-state index contributed by atoms with van der Waals surface area (Å²) in [5.74, 6) is 1.06. The molecule has 0 atom stereocenters. The third-order valence-electron chi connectivity index (χ3n) is 1.92. The van der Waals surface area contributed by atoms with Crippen molar-refractivity contribution < 1.29 is 4.79 Å². The lowest BCUT2D eigenvalue weighted by atomic mass is 10.3. The van der Waals surface area contributed by atoms with E-state index in [1.54, 1.807) is 11.8 Å². The molecule has 0 spiro atoms. The highest BCUT2D eigenvalue weighted by Gasteiger charge is 2.13. The summed E-state index contributed by atoms with van der Waals surface area (Å²) < 4.78 is 0.109. The summed E-state index contributed by atoms with van der Waals surface area (Å²) in [6.07, 6.45) is 0.889. The number of aromatic nitrogens is 2. The number of amides is 1. The highest BCUT2D eigenvalue weighted by Crippen LogP contribution is 2.22. The Hall–Kier alpha value is -0.970. The molecule has 5 heteroatoms. The summed E-state index contributed by atoms with van der Waals surface area (Å²) in [6.45, 7) is 8.31. The van der Waals surface area contributed by atoms with E-state index in [9.17, 15) is 4.79 Å². The van der Waals surface area contributed by atoms with Crippen LogP contribution in [0.25, 0.3) is 0 Å². The molecule has 1 amide bonds. The molecule has 1 aromatic heterocycles. The molecule has 0 unspecified atom stereocenters. The molecular weight excluding hydrogens is 222 g/mol. The van der Waals surface area contributed by atoms with Gasteiger partial charge in [-0.3, -0.25) is 9.89 Å². The lowest BCUT2D eigenvalue weighted by Crippen LogP contribution is -2.19. The van der Waals surface area contributed by atoms with E-state index in [1.807, 2.05) is 13.0 Å². The van der Waals surface area contributed by atoms with Crippen molar-refractivity contribution >= 4 is 23.5 Å². The fraction of sp³-hybridized carbons (Fsp3) is 0.636. The first-order valence-corrected chi connectivity index (χ1v) is 6.37. The molecular formula is C11H19N3OS. The van der Waals surface area contributed by atoms with Crippen molar-refractivity contribution in [1.29, 1.82) is 0 Å². The van der Waals surface area contributed by atoms with E-state index in [0.29, 0.717) is 11.6 Å². The molecule has 0 aliphatic rings. The van der Waals surface area contributed by atoms with Gasteiger partial charge in [-0.15, -0.1) is 11.8 Å². The largest absolute Gasteiger partial charge is 0.308 e. The number of aryl methyl sites for hydroxylation is 1. The van der Waals surface area contributed by atoms with E-state index >= 15 is 0 Å². The van der Waals surface area contributed by atoms with E-state index in [1.165, 1.54) is 0 Å². The van der Waals surface area contributed by atoms with E-state index in [2.05, 4.69) is 36.3 Å². The summed E-state index contributed by atoms with van der Waals surface area (Å²) in [5.41, 5.74) is 1.03. The number of H-pyrrole nitrogens is 1. The van der Waals surface area contributed by atoms with Crippen LogP contribution in [0.5, 0.6) is 0 Å². The number of hydrogen-bond acceptors (Lipinski definition) is 3. The number of nitrogens with one attached hydrogen (secondary N) is 2. The van der Waals surface area contributed by atoms with Crippen molar-refractivity contribution in [3.05, 3.63) is 11.8 Å². The van der Waals surface area contributed by atoms with Crippen LogP contribution in [0.15, 0.2) is 6.07 Å². The standard InChI is InChI=1S/C11H19N3OS/c1-5-8-6-9(14-13-8)12-10(15)7-16-11(2,3)4/h6H,5,7H2,1-4H3,(H2,12,13,14,15). The Kier molecular flexibility index (Phi) is 4.41. The van der Waals surface area contributed by atoms with E-state index in [-0.39, 0.29) is 10.7 Å².